The summed E-state index contributed by atoms with van der Waals surface area (Å²) >= 11 is 0. The van der Waals surface area contributed by atoms with Crippen molar-refractivity contribution < 1.29 is 14.7 Å². The van der Waals surface area contributed by atoms with Crippen LogP contribution >= 0.6 is 0 Å². The lowest BCUT2D eigenvalue weighted by Gasteiger charge is -2.12. The van der Waals surface area contributed by atoms with Gasteiger partial charge in [-0.25, -0.2) is 0 Å². The summed E-state index contributed by atoms with van der Waals surface area (Å²) in [4.78, 5) is 26.6. The third kappa shape index (κ3) is 2.75. The van der Waals surface area contributed by atoms with E-state index in [4.69, 9.17) is 5.11 Å². The van der Waals surface area contributed by atoms with Crippen molar-refractivity contribution >= 4 is 17.6 Å². The number of aliphatic carboxylic acids is 1. The number of amides is 1. The molecule has 5 nitrogen and oxygen atoms in total. The minimum Gasteiger partial charge on any atom is -0.481 e. The molecule has 1 heterocycles. The highest BCUT2D eigenvalue weighted by atomic mass is 16.4. The van der Waals surface area contributed by atoms with E-state index >= 15 is 0 Å². The van der Waals surface area contributed by atoms with Gasteiger partial charge < -0.3 is 10.4 Å². The van der Waals surface area contributed by atoms with Crippen molar-refractivity contribution in [3.8, 4) is 0 Å². The maximum absolute atomic E-state index is 12.0. The summed E-state index contributed by atoms with van der Waals surface area (Å²) < 4.78 is 0. The number of nitrogens with zero attached hydrogens (tertiary/aromatic N) is 1. The number of nitrogens with one attached hydrogen (secondary N) is 1. The van der Waals surface area contributed by atoms with Gasteiger partial charge in [0.1, 0.15) is 0 Å². The van der Waals surface area contributed by atoms with E-state index in [-0.39, 0.29) is 18.2 Å². The Morgan fingerprint density at radius 1 is 1.26 bits per heavy atom. The molecule has 2 saturated carbocycles. The highest BCUT2D eigenvalue weighted by molar-refractivity contribution is 5.92. The quantitative estimate of drug-likeness (QED) is 0.863. The molecule has 0 saturated heterocycles. The Balaban J connectivity index is 1.57. The Hall–Kier alpha value is -1.91. The van der Waals surface area contributed by atoms with Gasteiger partial charge in [-0.2, -0.15) is 0 Å². The van der Waals surface area contributed by atoms with Gasteiger partial charge in [0.2, 0.25) is 5.91 Å². The number of hydrogen-bond donors (Lipinski definition) is 2. The van der Waals surface area contributed by atoms with Crippen molar-refractivity contribution in [2.45, 2.75) is 25.7 Å². The lowest BCUT2D eigenvalue weighted by molar-refractivity contribution is -0.136. The Kier molecular flexibility index (Phi) is 2.97. The van der Waals surface area contributed by atoms with E-state index in [0.717, 1.165) is 24.7 Å². The van der Waals surface area contributed by atoms with Crippen LogP contribution in [0.15, 0.2) is 18.3 Å². The smallest absolute Gasteiger partial charge is 0.309 e. The number of carbonyl (C=O) groups is 2. The zero-order valence-electron chi connectivity index (χ0n) is 10.5. The average Bonchev–Trinajstić information content (AvgIpc) is 2.98. The molecule has 0 bridgehead atoms. The molecule has 1 aromatic heterocycles. The first kappa shape index (κ1) is 12.1. The van der Waals surface area contributed by atoms with Crippen LogP contribution in [0.2, 0.25) is 0 Å². The Labute approximate surface area is 111 Å². The molecule has 0 radical (unpaired) electrons. The number of carboxylic acids is 1. The molecule has 19 heavy (non-hydrogen) atoms. The van der Waals surface area contributed by atoms with Crippen molar-refractivity contribution in [1.82, 2.24) is 4.98 Å². The van der Waals surface area contributed by atoms with Crippen LogP contribution in [0.4, 0.5) is 5.69 Å². The molecule has 2 aliphatic carbocycles. The van der Waals surface area contributed by atoms with E-state index < -0.39 is 5.97 Å². The second kappa shape index (κ2) is 4.64. The van der Waals surface area contributed by atoms with Crippen LogP contribution in [-0.4, -0.2) is 22.0 Å². The third-order valence-corrected chi connectivity index (χ3v) is 4.04. The first-order valence-corrected chi connectivity index (χ1v) is 6.59. The molecule has 1 aromatic rings. The SMILES string of the molecule is O=C(O)Cc1ccc(NC(=O)C2CC3CC3C2)cn1. The molecule has 100 valence electrons. The second-order valence-electron chi connectivity index (χ2n) is 5.52. The molecule has 1 amide bonds. The number of fused-ring (bicyclic) bond motifs is 1. The number of carbonyl (C=O) groups excluding carboxylic acids is 1. The molecule has 2 N–H and O–H groups in total. The molecule has 0 spiro atoms. The number of carboxylic acid groups (broad SMARTS) is 1. The number of aromatic nitrogens is 1. The number of rotatable bonds is 4. The predicted molar refractivity (Wildman–Crippen MR) is 68.5 cm³/mol. The largest absolute Gasteiger partial charge is 0.481 e. The highest BCUT2D eigenvalue weighted by Crippen LogP contribution is 2.54. The fraction of sp³-hybridized carbons (Fsp3) is 0.500. The van der Waals surface area contributed by atoms with Crippen molar-refractivity contribution in [1.29, 1.82) is 0 Å². The maximum Gasteiger partial charge on any atom is 0.309 e. The van der Waals surface area contributed by atoms with Crippen LogP contribution in [0.5, 0.6) is 0 Å². The van der Waals surface area contributed by atoms with E-state index in [0.29, 0.717) is 11.4 Å². The minimum absolute atomic E-state index is 0.0694. The van der Waals surface area contributed by atoms with Crippen LogP contribution in [0, 0.1) is 17.8 Å². The summed E-state index contributed by atoms with van der Waals surface area (Å²) in [6.07, 6.45) is 4.75. The Morgan fingerprint density at radius 3 is 2.58 bits per heavy atom. The fourth-order valence-corrected chi connectivity index (χ4v) is 2.93. The first-order valence-electron chi connectivity index (χ1n) is 6.59. The highest BCUT2D eigenvalue weighted by Gasteiger charge is 2.47. The van der Waals surface area contributed by atoms with Gasteiger partial charge in [0.05, 0.1) is 24.0 Å². The molecule has 5 heteroatoms. The van der Waals surface area contributed by atoms with Gasteiger partial charge in [-0.15, -0.1) is 0 Å². The Bertz CT molecular complexity index is 502. The predicted octanol–water partition coefficient (Wildman–Crippen LogP) is 1.69. The average molecular weight is 260 g/mol. The molecule has 0 aromatic carbocycles. The molecule has 2 atom stereocenters. The van der Waals surface area contributed by atoms with Gasteiger partial charge in [0, 0.05) is 5.92 Å². The van der Waals surface area contributed by atoms with Gasteiger partial charge in [-0.1, -0.05) is 0 Å². The van der Waals surface area contributed by atoms with Gasteiger partial charge >= 0.3 is 5.97 Å². The summed E-state index contributed by atoms with van der Waals surface area (Å²) in [5.41, 5.74) is 1.13. The minimum atomic E-state index is -0.908. The molecular formula is C14H16N2O3. The number of anilines is 1. The molecule has 3 rings (SSSR count). The van der Waals surface area contributed by atoms with Gasteiger partial charge in [0.25, 0.3) is 0 Å². The molecule has 2 fully saturated rings. The number of pyridine rings is 1. The second-order valence-corrected chi connectivity index (χ2v) is 5.52. The summed E-state index contributed by atoms with van der Waals surface area (Å²) in [5, 5.41) is 11.5. The normalized spacial score (nSPS) is 27.7. The van der Waals surface area contributed by atoms with Crippen LogP contribution in [0.3, 0.4) is 0 Å². The van der Waals surface area contributed by atoms with Crippen molar-refractivity contribution in [2.75, 3.05) is 5.32 Å². The van der Waals surface area contributed by atoms with Gasteiger partial charge in [-0.3, -0.25) is 14.6 Å². The van der Waals surface area contributed by atoms with E-state index in [2.05, 4.69) is 10.3 Å². The van der Waals surface area contributed by atoms with Crippen LogP contribution in [0.1, 0.15) is 25.0 Å². The van der Waals surface area contributed by atoms with Gasteiger partial charge in [0.15, 0.2) is 0 Å². The van der Waals surface area contributed by atoms with Crippen LogP contribution in [0.25, 0.3) is 0 Å². The van der Waals surface area contributed by atoms with E-state index in [9.17, 15) is 9.59 Å². The summed E-state index contributed by atoms with van der Waals surface area (Å²) in [6, 6.07) is 3.34. The first-order chi connectivity index (χ1) is 9.11. The number of hydrogen-bond acceptors (Lipinski definition) is 3. The monoisotopic (exact) mass is 260 g/mol. The lowest BCUT2D eigenvalue weighted by Crippen LogP contribution is -2.21. The summed E-state index contributed by atoms with van der Waals surface area (Å²) in [5.74, 6) is 0.871. The van der Waals surface area contributed by atoms with E-state index in [1.807, 2.05) is 0 Å². The van der Waals surface area contributed by atoms with Crippen molar-refractivity contribution in [2.24, 2.45) is 17.8 Å². The molecular weight excluding hydrogens is 244 g/mol. The fourth-order valence-electron chi connectivity index (χ4n) is 2.93. The lowest BCUT2D eigenvalue weighted by atomic mass is 10.0. The van der Waals surface area contributed by atoms with Crippen LogP contribution in [-0.2, 0) is 16.0 Å². The standard InChI is InChI=1S/C14H16N2O3/c17-13(18)6-11-1-2-12(7-15-11)16-14(19)10-4-8-3-9(8)5-10/h1-2,7-10H,3-6H2,(H,16,19)(H,17,18). The summed E-state index contributed by atoms with van der Waals surface area (Å²) in [6.45, 7) is 0. The summed E-state index contributed by atoms with van der Waals surface area (Å²) in [7, 11) is 0. The topological polar surface area (TPSA) is 79.3 Å². The Morgan fingerprint density at radius 2 is 2.00 bits per heavy atom. The molecule has 0 aliphatic heterocycles. The molecule has 2 unspecified atom stereocenters. The molecule has 2 aliphatic rings. The third-order valence-electron chi connectivity index (χ3n) is 4.04. The van der Waals surface area contributed by atoms with E-state index in [1.54, 1.807) is 12.1 Å². The van der Waals surface area contributed by atoms with E-state index in [1.165, 1.54) is 12.6 Å². The van der Waals surface area contributed by atoms with Crippen molar-refractivity contribution in [3.05, 3.63) is 24.0 Å². The zero-order valence-corrected chi connectivity index (χ0v) is 10.5. The van der Waals surface area contributed by atoms with Gasteiger partial charge in [-0.05, 0) is 43.2 Å². The van der Waals surface area contributed by atoms with Crippen molar-refractivity contribution in [3.63, 3.8) is 0 Å². The zero-order chi connectivity index (χ0) is 13.4. The maximum atomic E-state index is 12.0. The van der Waals surface area contributed by atoms with Crippen LogP contribution < -0.4 is 5.32 Å².